The molecule has 4 heteroatoms. The first-order chi connectivity index (χ1) is 26.8. The van der Waals surface area contributed by atoms with Gasteiger partial charge in [-0.05, 0) is 118 Å². The fourth-order valence-corrected chi connectivity index (χ4v) is 10.9. The average Bonchev–Trinajstić information content (AvgIpc) is 3.40. The fraction of sp³-hybridized carbons (Fsp3) is 0.308. The number of anilines is 8. The zero-order valence-electron chi connectivity index (χ0n) is 34.4. The van der Waals surface area contributed by atoms with Crippen LogP contribution < -0.4 is 31.1 Å². The maximum Gasteiger partial charge on any atom is 0.252 e. The summed E-state index contributed by atoms with van der Waals surface area (Å²) < 4.78 is 0. The molecule has 1 aliphatic carbocycles. The van der Waals surface area contributed by atoms with E-state index in [9.17, 15) is 0 Å². The first-order valence-electron chi connectivity index (χ1n) is 20.9. The highest BCUT2D eigenvalue weighted by Crippen LogP contribution is 2.61. The van der Waals surface area contributed by atoms with Gasteiger partial charge in [0.2, 0.25) is 0 Å². The second kappa shape index (κ2) is 12.1. The Morgan fingerprint density at radius 1 is 0.482 bits per heavy atom. The van der Waals surface area contributed by atoms with Gasteiger partial charge in [0.25, 0.3) is 6.71 Å². The maximum atomic E-state index is 2.77. The number of fused-ring (bicyclic) bond motifs is 7. The third kappa shape index (κ3) is 4.97. The highest BCUT2D eigenvalue weighted by Gasteiger charge is 2.58. The molecule has 2 atom stereocenters. The van der Waals surface area contributed by atoms with Crippen LogP contribution in [0.2, 0.25) is 0 Å². The minimum absolute atomic E-state index is 0.00484. The lowest BCUT2D eigenvalue weighted by Gasteiger charge is -2.51. The van der Waals surface area contributed by atoms with Gasteiger partial charge in [-0.2, -0.15) is 0 Å². The van der Waals surface area contributed by atoms with Gasteiger partial charge in [0.15, 0.2) is 0 Å². The molecule has 0 bridgehead atoms. The third-order valence-corrected chi connectivity index (χ3v) is 14.1. The van der Waals surface area contributed by atoms with Crippen molar-refractivity contribution in [3.63, 3.8) is 0 Å². The molecule has 10 rings (SSSR count). The van der Waals surface area contributed by atoms with E-state index >= 15 is 0 Å². The SMILES string of the molecule is CC(C)(C)c1cccc(N2c3cc(C(C)(C)C)ccc3B3c4ccccc4N(c4ccccc4)c4cc(N5c6ccccc6C6(C)CCCCC56C)cc2c43)c1. The van der Waals surface area contributed by atoms with E-state index in [1.165, 1.54) is 97.8 Å². The van der Waals surface area contributed by atoms with Crippen molar-refractivity contribution in [2.24, 2.45) is 0 Å². The Hall–Kier alpha value is -5.22. The van der Waals surface area contributed by atoms with E-state index in [1.807, 2.05) is 0 Å². The molecule has 3 nitrogen and oxygen atoms in total. The van der Waals surface area contributed by atoms with E-state index in [4.69, 9.17) is 0 Å². The van der Waals surface area contributed by atoms with Crippen molar-refractivity contribution < 1.29 is 0 Å². The predicted molar refractivity (Wildman–Crippen MR) is 241 cm³/mol. The van der Waals surface area contributed by atoms with Crippen LogP contribution >= 0.6 is 0 Å². The molecule has 0 radical (unpaired) electrons. The molecule has 280 valence electrons. The molecule has 0 N–H and O–H groups in total. The monoisotopic (exact) mass is 731 g/mol. The van der Waals surface area contributed by atoms with Crippen LogP contribution in [-0.2, 0) is 16.2 Å². The van der Waals surface area contributed by atoms with Crippen molar-refractivity contribution in [2.75, 3.05) is 14.7 Å². The molecule has 0 aromatic heterocycles. The molecule has 0 spiro atoms. The lowest BCUT2D eigenvalue weighted by molar-refractivity contribution is 0.195. The quantitative estimate of drug-likeness (QED) is 0.168. The van der Waals surface area contributed by atoms with Crippen LogP contribution in [0.3, 0.4) is 0 Å². The van der Waals surface area contributed by atoms with Gasteiger partial charge in [-0.3, -0.25) is 0 Å². The van der Waals surface area contributed by atoms with Gasteiger partial charge < -0.3 is 14.7 Å². The second-order valence-electron chi connectivity index (χ2n) is 19.4. The molecule has 1 fully saturated rings. The van der Waals surface area contributed by atoms with E-state index in [0.29, 0.717) is 0 Å². The maximum absolute atomic E-state index is 2.77. The van der Waals surface area contributed by atoms with Gasteiger partial charge in [-0.15, -0.1) is 0 Å². The van der Waals surface area contributed by atoms with Crippen LogP contribution in [0.1, 0.15) is 97.8 Å². The van der Waals surface area contributed by atoms with Crippen molar-refractivity contribution in [2.45, 2.75) is 103 Å². The first kappa shape index (κ1) is 35.2. The van der Waals surface area contributed by atoms with Crippen molar-refractivity contribution in [3.8, 4) is 0 Å². The van der Waals surface area contributed by atoms with Crippen LogP contribution in [-0.4, -0.2) is 12.3 Å². The van der Waals surface area contributed by atoms with Crippen molar-refractivity contribution in [1.82, 2.24) is 0 Å². The summed E-state index contributed by atoms with van der Waals surface area (Å²) in [6.45, 7) is 19.2. The summed E-state index contributed by atoms with van der Waals surface area (Å²) in [7, 11) is 0. The molecular weight excluding hydrogens is 677 g/mol. The first-order valence-corrected chi connectivity index (χ1v) is 20.9. The fourth-order valence-electron chi connectivity index (χ4n) is 10.9. The number of rotatable bonds is 3. The second-order valence-corrected chi connectivity index (χ2v) is 19.4. The molecule has 3 aliphatic heterocycles. The van der Waals surface area contributed by atoms with Crippen LogP contribution in [0, 0.1) is 0 Å². The van der Waals surface area contributed by atoms with E-state index in [1.54, 1.807) is 0 Å². The van der Waals surface area contributed by atoms with E-state index in [0.717, 1.165) is 6.42 Å². The molecule has 2 unspecified atom stereocenters. The topological polar surface area (TPSA) is 9.72 Å². The number of hydrogen-bond donors (Lipinski definition) is 0. The molecule has 4 aliphatic rings. The molecule has 0 saturated heterocycles. The zero-order valence-corrected chi connectivity index (χ0v) is 34.4. The summed E-state index contributed by atoms with van der Waals surface area (Å²) in [5, 5.41) is 0. The Labute approximate surface area is 335 Å². The predicted octanol–water partition coefficient (Wildman–Crippen LogP) is 12.1. The minimum atomic E-state index is -0.0671. The van der Waals surface area contributed by atoms with Crippen LogP contribution in [0.4, 0.5) is 45.5 Å². The average molecular weight is 732 g/mol. The van der Waals surface area contributed by atoms with Gasteiger partial charge in [-0.25, -0.2) is 0 Å². The van der Waals surface area contributed by atoms with Crippen molar-refractivity contribution >= 4 is 68.6 Å². The summed E-state index contributed by atoms with van der Waals surface area (Å²) in [4.78, 5) is 7.94. The molecule has 6 aromatic rings. The minimum Gasteiger partial charge on any atom is -0.334 e. The van der Waals surface area contributed by atoms with E-state index in [2.05, 4.69) is 204 Å². The summed E-state index contributed by atoms with van der Waals surface area (Å²) in [5.41, 5.74) is 18.3. The van der Waals surface area contributed by atoms with Crippen LogP contribution in [0.15, 0.2) is 133 Å². The van der Waals surface area contributed by atoms with Gasteiger partial charge >= 0.3 is 0 Å². The van der Waals surface area contributed by atoms with Crippen molar-refractivity contribution in [1.29, 1.82) is 0 Å². The van der Waals surface area contributed by atoms with Crippen molar-refractivity contribution in [3.05, 3.63) is 150 Å². The highest BCUT2D eigenvalue weighted by atomic mass is 15.3. The number of hydrogen-bond acceptors (Lipinski definition) is 3. The van der Waals surface area contributed by atoms with Gasteiger partial charge in [0.05, 0.1) is 5.54 Å². The largest absolute Gasteiger partial charge is 0.334 e. The third-order valence-electron chi connectivity index (χ3n) is 14.1. The number of nitrogens with zero attached hydrogens (tertiary/aromatic N) is 3. The number of benzene rings is 6. The van der Waals surface area contributed by atoms with Crippen LogP contribution in [0.5, 0.6) is 0 Å². The molecule has 3 heterocycles. The zero-order chi connectivity index (χ0) is 38.8. The molecule has 6 aromatic carbocycles. The van der Waals surface area contributed by atoms with Gasteiger partial charge in [0, 0.05) is 50.9 Å². The highest BCUT2D eigenvalue weighted by molar-refractivity contribution is 7.00. The Bertz CT molecular complexity index is 2530. The summed E-state index contributed by atoms with van der Waals surface area (Å²) in [5.74, 6) is 0. The normalized spacial score (nSPS) is 20.9. The number of para-hydroxylation sites is 3. The van der Waals surface area contributed by atoms with Gasteiger partial charge in [-0.1, -0.05) is 140 Å². The summed E-state index contributed by atoms with van der Waals surface area (Å²) in [6, 6.07) is 51.3. The standard InChI is InChI=1S/C52H54BN3/c1-49(2,3)35-19-18-22-38(31-35)55-45-32-36(50(4,5)6)27-28-42(45)53-41-24-13-15-26-44(41)54(37-20-10-9-11-21-37)46-33-39(34-47(55)48(46)53)56-43-25-14-12-23-40(43)51(7)29-16-17-30-52(51,56)8/h9-15,18-28,31-34H,16-17,29-30H2,1-8H3. The van der Waals surface area contributed by atoms with Gasteiger partial charge in [0.1, 0.15) is 0 Å². The molecule has 56 heavy (non-hydrogen) atoms. The molecular formula is C52H54BN3. The Morgan fingerprint density at radius 2 is 1.07 bits per heavy atom. The smallest absolute Gasteiger partial charge is 0.252 e. The molecule has 1 saturated carbocycles. The Kier molecular flexibility index (Phi) is 7.64. The Morgan fingerprint density at radius 3 is 1.80 bits per heavy atom. The lowest BCUT2D eigenvalue weighted by atomic mass is 9.33. The Balaban J connectivity index is 1.34. The van der Waals surface area contributed by atoms with Crippen LogP contribution in [0.25, 0.3) is 0 Å². The molecule has 0 amide bonds. The lowest BCUT2D eigenvalue weighted by Crippen LogP contribution is -2.61. The summed E-state index contributed by atoms with van der Waals surface area (Å²) >= 11 is 0. The van der Waals surface area contributed by atoms with E-state index < -0.39 is 0 Å². The summed E-state index contributed by atoms with van der Waals surface area (Å²) in [6.07, 6.45) is 4.88. The van der Waals surface area contributed by atoms with E-state index in [-0.39, 0.29) is 28.5 Å².